The van der Waals surface area contributed by atoms with Crippen molar-refractivity contribution in [3.63, 3.8) is 0 Å². The van der Waals surface area contributed by atoms with Crippen molar-refractivity contribution in [1.29, 1.82) is 0 Å². The van der Waals surface area contributed by atoms with E-state index in [4.69, 9.17) is 0 Å². The minimum absolute atomic E-state index is 0.0323. The molecule has 2 N–H and O–H groups in total. The first-order chi connectivity index (χ1) is 10.8. The Morgan fingerprint density at radius 3 is 3.00 bits per heavy atom. The molecule has 122 valence electrons. The molecule has 0 spiro atoms. The van der Waals surface area contributed by atoms with E-state index in [2.05, 4.69) is 15.3 Å². The first-order valence-electron chi connectivity index (χ1n) is 6.93. The number of nitrogens with zero attached hydrogens (tertiary/aromatic N) is 2. The summed E-state index contributed by atoms with van der Waals surface area (Å²) in [5.41, 5.74) is 1.36. The van der Waals surface area contributed by atoms with Gasteiger partial charge in [0, 0.05) is 18.9 Å². The largest absolute Gasteiger partial charge is 0.406 e. The van der Waals surface area contributed by atoms with Crippen LogP contribution >= 0.6 is 0 Å². The first-order valence-corrected chi connectivity index (χ1v) is 6.93. The van der Waals surface area contributed by atoms with E-state index in [9.17, 15) is 22.8 Å². The van der Waals surface area contributed by atoms with Crippen LogP contribution in [0.4, 0.5) is 13.2 Å². The van der Waals surface area contributed by atoms with Crippen LogP contribution in [0.15, 0.2) is 24.5 Å². The number of hydrogen-bond donors (Lipinski definition) is 2. The second-order valence-corrected chi connectivity index (χ2v) is 5.29. The van der Waals surface area contributed by atoms with Crippen molar-refractivity contribution in [2.75, 3.05) is 13.1 Å². The average Bonchev–Trinajstić information content (AvgIpc) is 3.04. The van der Waals surface area contributed by atoms with Crippen LogP contribution in [0.2, 0.25) is 0 Å². The van der Waals surface area contributed by atoms with Gasteiger partial charge >= 0.3 is 6.18 Å². The smallest absolute Gasteiger partial charge is 0.359 e. The predicted molar refractivity (Wildman–Crippen MR) is 74.6 cm³/mol. The lowest BCUT2D eigenvalue weighted by Gasteiger charge is -2.18. The third-order valence-corrected chi connectivity index (χ3v) is 3.65. The number of hydrogen-bond acceptors (Lipinski definition) is 3. The van der Waals surface area contributed by atoms with Crippen molar-refractivity contribution in [2.45, 2.75) is 18.6 Å². The molecule has 0 aliphatic carbocycles. The fraction of sp³-hybridized carbons (Fsp3) is 0.357. The summed E-state index contributed by atoms with van der Waals surface area (Å²) >= 11 is 0. The zero-order valence-electron chi connectivity index (χ0n) is 11.9. The Morgan fingerprint density at radius 2 is 2.26 bits per heavy atom. The summed E-state index contributed by atoms with van der Waals surface area (Å²) in [6.07, 6.45) is -1.32. The molecule has 0 bridgehead atoms. The Morgan fingerprint density at radius 1 is 1.48 bits per heavy atom. The van der Waals surface area contributed by atoms with E-state index in [0.717, 1.165) is 0 Å². The summed E-state index contributed by atoms with van der Waals surface area (Å²) < 4.78 is 37.1. The Labute approximate surface area is 128 Å². The van der Waals surface area contributed by atoms with Crippen molar-refractivity contribution >= 4 is 22.8 Å². The highest BCUT2D eigenvalue weighted by Gasteiger charge is 2.40. The highest BCUT2D eigenvalue weighted by molar-refractivity contribution is 6.06. The van der Waals surface area contributed by atoms with E-state index >= 15 is 0 Å². The molecule has 2 aromatic rings. The minimum atomic E-state index is -4.45. The normalized spacial score (nSPS) is 18.7. The van der Waals surface area contributed by atoms with Gasteiger partial charge in [0.2, 0.25) is 5.91 Å². The second-order valence-electron chi connectivity index (χ2n) is 5.29. The second kappa shape index (κ2) is 5.56. The Hall–Kier alpha value is -2.58. The lowest BCUT2D eigenvalue weighted by molar-refractivity contribution is -0.157. The third-order valence-electron chi connectivity index (χ3n) is 3.65. The molecule has 1 aliphatic heterocycles. The molecule has 2 amide bonds. The van der Waals surface area contributed by atoms with Crippen molar-refractivity contribution in [3.8, 4) is 0 Å². The number of fused-ring (bicyclic) bond motifs is 1. The van der Waals surface area contributed by atoms with Crippen LogP contribution in [-0.2, 0) is 4.79 Å². The van der Waals surface area contributed by atoms with Crippen molar-refractivity contribution in [1.82, 2.24) is 20.2 Å². The zero-order chi connectivity index (χ0) is 16.6. The summed E-state index contributed by atoms with van der Waals surface area (Å²) in [5.74, 6) is -1.26. The van der Waals surface area contributed by atoms with E-state index in [1.54, 1.807) is 12.1 Å². The van der Waals surface area contributed by atoms with Crippen molar-refractivity contribution in [2.24, 2.45) is 0 Å². The molecule has 1 fully saturated rings. The molecule has 1 saturated heterocycles. The minimum Gasteiger partial charge on any atom is -0.359 e. The van der Waals surface area contributed by atoms with Crippen LogP contribution in [0.5, 0.6) is 0 Å². The summed E-state index contributed by atoms with van der Waals surface area (Å²) in [4.78, 5) is 31.9. The SMILES string of the molecule is O=C(NC1CCN(CC(F)(F)F)C1=O)c1c[nH]c2cccnc12. The molecule has 1 unspecified atom stereocenters. The third kappa shape index (κ3) is 3.13. The average molecular weight is 326 g/mol. The summed E-state index contributed by atoms with van der Waals surface area (Å²) in [6.45, 7) is -1.33. The van der Waals surface area contributed by atoms with E-state index in [-0.39, 0.29) is 18.5 Å². The van der Waals surface area contributed by atoms with E-state index in [1.807, 2.05) is 0 Å². The monoisotopic (exact) mass is 326 g/mol. The van der Waals surface area contributed by atoms with Crippen LogP contribution in [0, 0.1) is 0 Å². The molecule has 2 aromatic heterocycles. The van der Waals surface area contributed by atoms with E-state index in [1.165, 1.54) is 12.4 Å². The number of nitrogens with one attached hydrogen (secondary N) is 2. The van der Waals surface area contributed by atoms with Gasteiger partial charge in [0.25, 0.3) is 5.91 Å². The van der Waals surface area contributed by atoms with Gasteiger partial charge in [-0.2, -0.15) is 13.2 Å². The number of aromatic nitrogens is 2. The van der Waals surface area contributed by atoms with Crippen LogP contribution in [0.3, 0.4) is 0 Å². The van der Waals surface area contributed by atoms with Crippen LogP contribution in [0.25, 0.3) is 11.0 Å². The molecule has 9 heteroatoms. The van der Waals surface area contributed by atoms with Gasteiger partial charge in [0.1, 0.15) is 18.1 Å². The fourth-order valence-corrected chi connectivity index (χ4v) is 2.61. The van der Waals surface area contributed by atoms with Gasteiger partial charge in [-0.15, -0.1) is 0 Å². The van der Waals surface area contributed by atoms with Gasteiger partial charge in [-0.25, -0.2) is 0 Å². The number of alkyl halides is 3. The van der Waals surface area contributed by atoms with Gasteiger partial charge in [-0.1, -0.05) is 0 Å². The van der Waals surface area contributed by atoms with Crippen LogP contribution < -0.4 is 5.32 Å². The quantitative estimate of drug-likeness (QED) is 0.896. The number of carbonyl (C=O) groups excluding carboxylic acids is 2. The number of aromatic amines is 1. The predicted octanol–water partition coefficient (Wildman–Crippen LogP) is 1.46. The van der Waals surface area contributed by atoms with Gasteiger partial charge in [0.05, 0.1) is 11.1 Å². The molecule has 1 atom stereocenters. The molecular formula is C14H13F3N4O2. The number of carbonyl (C=O) groups is 2. The summed E-state index contributed by atoms with van der Waals surface area (Å²) in [5, 5.41) is 2.48. The maximum Gasteiger partial charge on any atom is 0.406 e. The highest BCUT2D eigenvalue weighted by Crippen LogP contribution is 2.21. The number of H-pyrrole nitrogens is 1. The van der Waals surface area contributed by atoms with E-state index < -0.39 is 30.6 Å². The first kappa shape index (κ1) is 15.3. The fourth-order valence-electron chi connectivity index (χ4n) is 2.61. The summed E-state index contributed by atoms with van der Waals surface area (Å²) in [6, 6.07) is 2.50. The standard InChI is InChI=1S/C14H13F3N4O2/c15-14(16,17)7-21-5-3-10(13(21)23)20-12(22)8-6-19-9-2-1-4-18-11(8)9/h1-2,4,6,10,19H,3,5,7H2,(H,20,22). The lowest BCUT2D eigenvalue weighted by atomic mass is 10.2. The maximum atomic E-state index is 12.4. The highest BCUT2D eigenvalue weighted by atomic mass is 19.4. The molecule has 0 radical (unpaired) electrons. The van der Waals surface area contributed by atoms with Crippen LogP contribution in [-0.4, -0.2) is 52.0 Å². The van der Waals surface area contributed by atoms with Gasteiger partial charge in [-0.05, 0) is 18.6 Å². The lowest BCUT2D eigenvalue weighted by Crippen LogP contribution is -2.43. The molecule has 23 heavy (non-hydrogen) atoms. The Bertz CT molecular complexity index is 756. The molecule has 0 aromatic carbocycles. The molecule has 0 saturated carbocycles. The maximum absolute atomic E-state index is 12.4. The number of rotatable bonds is 3. The Balaban J connectivity index is 1.70. The topological polar surface area (TPSA) is 78.1 Å². The number of halogens is 3. The molecule has 1 aliphatic rings. The van der Waals surface area contributed by atoms with Crippen molar-refractivity contribution < 1.29 is 22.8 Å². The Kier molecular flexibility index (Phi) is 3.70. The van der Waals surface area contributed by atoms with Gasteiger partial charge in [-0.3, -0.25) is 14.6 Å². The van der Waals surface area contributed by atoms with Gasteiger partial charge < -0.3 is 15.2 Å². The molecule has 3 heterocycles. The zero-order valence-corrected chi connectivity index (χ0v) is 11.9. The molecule has 6 nitrogen and oxygen atoms in total. The molecule has 3 rings (SSSR count). The van der Waals surface area contributed by atoms with Gasteiger partial charge in [0.15, 0.2) is 0 Å². The number of amides is 2. The van der Waals surface area contributed by atoms with E-state index in [0.29, 0.717) is 15.9 Å². The summed E-state index contributed by atoms with van der Waals surface area (Å²) in [7, 11) is 0. The number of pyridine rings is 1. The number of likely N-dealkylation sites (tertiary alicyclic amines) is 1. The van der Waals surface area contributed by atoms with Crippen molar-refractivity contribution in [3.05, 3.63) is 30.1 Å². The van der Waals surface area contributed by atoms with Crippen LogP contribution in [0.1, 0.15) is 16.8 Å². The molecular weight excluding hydrogens is 313 g/mol.